The van der Waals surface area contributed by atoms with Crippen molar-refractivity contribution in [2.24, 2.45) is 5.92 Å². The number of carbonyl (C=O) groups excluding carboxylic acids is 2. The van der Waals surface area contributed by atoms with Crippen molar-refractivity contribution in [1.29, 1.82) is 0 Å². The fourth-order valence-corrected chi connectivity index (χ4v) is 4.35. The molecule has 0 saturated heterocycles. The predicted molar refractivity (Wildman–Crippen MR) is 115 cm³/mol. The number of rotatable bonds is 7. The van der Waals surface area contributed by atoms with Gasteiger partial charge in [-0.3, -0.25) is 14.3 Å². The van der Waals surface area contributed by atoms with Gasteiger partial charge in [0.2, 0.25) is 11.8 Å². The SMILES string of the molecule is CC(=O)N[C@H](C(=O)Nc1ccc(Cl)c(S(=O)(=O)Nc2ccccc2Cl)c1)C(C)C. The van der Waals surface area contributed by atoms with E-state index in [1.807, 2.05) is 0 Å². The van der Waals surface area contributed by atoms with Crippen molar-refractivity contribution < 1.29 is 18.0 Å². The smallest absolute Gasteiger partial charge is 0.263 e. The van der Waals surface area contributed by atoms with Crippen LogP contribution in [0.3, 0.4) is 0 Å². The van der Waals surface area contributed by atoms with Crippen molar-refractivity contribution in [3.05, 3.63) is 52.5 Å². The number of carbonyl (C=O) groups is 2. The molecule has 10 heteroatoms. The van der Waals surface area contributed by atoms with E-state index in [2.05, 4.69) is 15.4 Å². The Bertz CT molecular complexity index is 1030. The molecular weight excluding hydrogens is 437 g/mol. The molecule has 0 fully saturated rings. The van der Waals surface area contributed by atoms with E-state index < -0.39 is 22.0 Å². The van der Waals surface area contributed by atoms with E-state index in [9.17, 15) is 18.0 Å². The third kappa shape index (κ3) is 6.09. The van der Waals surface area contributed by atoms with E-state index >= 15 is 0 Å². The van der Waals surface area contributed by atoms with Gasteiger partial charge in [0, 0.05) is 12.6 Å². The molecule has 3 N–H and O–H groups in total. The summed E-state index contributed by atoms with van der Waals surface area (Å²) in [6.45, 7) is 4.88. The molecule has 0 radical (unpaired) electrons. The zero-order chi connectivity index (χ0) is 21.8. The second-order valence-electron chi connectivity index (χ2n) is 6.64. The topological polar surface area (TPSA) is 104 Å². The molecule has 0 spiro atoms. The van der Waals surface area contributed by atoms with Crippen molar-refractivity contribution in [3.8, 4) is 0 Å². The molecule has 0 aliphatic rings. The molecule has 0 aliphatic carbocycles. The van der Waals surface area contributed by atoms with Gasteiger partial charge in [0.15, 0.2) is 0 Å². The lowest BCUT2D eigenvalue weighted by Gasteiger charge is -2.21. The quantitative estimate of drug-likeness (QED) is 0.586. The maximum atomic E-state index is 12.8. The van der Waals surface area contributed by atoms with Gasteiger partial charge in [0.1, 0.15) is 10.9 Å². The summed E-state index contributed by atoms with van der Waals surface area (Å²) >= 11 is 12.1. The van der Waals surface area contributed by atoms with Crippen LogP contribution < -0.4 is 15.4 Å². The van der Waals surface area contributed by atoms with Crippen LogP contribution in [0.25, 0.3) is 0 Å². The minimum atomic E-state index is -4.07. The van der Waals surface area contributed by atoms with Gasteiger partial charge in [0.05, 0.1) is 15.7 Å². The summed E-state index contributed by atoms with van der Waals surface area (Å²) in [6.07, 6.45) is 0. The normalized spacial score (nSPS) is 12.3. The molecule has 2 aromatic carbocycles. The minimum absolute atomic E-state index is 0.0233. The molecule has 7 nitrogen and oxygen atoms in total. The molecule has 0 heterocycles. The van der Waals surface area contributed by atoms with Gasteiger partial charge in [-0.25, -0.2) is 8.42 Å². The van der Waals surface area contributed by atoms with Gasteiger partial charge in [-0.15, -0.1) is 0 Å². The molecule has 0 aliphatic heterocycles. The van der Waals surface area contributed by atoms with Crippen LogP contribution in [-0.4, -0.2) is 26.3 Å². The van der Waals surface area contributed by atoms with Gasteiger partial charge in [-0.1, -0.05) is 49.2 Å². The van der Waals surface area contributed by atoms with Crippen molar-refractivity contribution >= 4 is 56.4 Å². The van der Waals surface area contributed by atoms with Gasteiger partial charge in [-0.2, -0.15) is 0 Å². The lowest BCUT2D eigenvalue weighted by Crippen LogP contribution is -2.46. The number of para-hydroxylation sites is 1. The van der Waals surface area contributed by atoms with E-state index in [4.69, 9.17) is 23.2 Å². The van der Waals surface area contributed by atoms with Crippen LogP contribution in [0.4, 0.5) is 11.4 Å². The number of anilines is 2. The van der Waals surface area contributed by atoms with E-state index in [1.54, 1.807) is 32.0 Å². The van der Waals surface area contributed by atoms with Crippen LogP contribution in [0.1, 0.15) is 20.8 Å². The first kappa shape index (κ1) is 23.0. The molecule has 0 bridgehead atoms. The van der Waals surface area contributed by atoms with Crippen molar-refractivity contribution in [3.63, 3.8) is 0 Å². The molecule has 2 rings (SSSR count). The lowest BCUT2D eigenvalue weighted by atomic mass is 10.0. The molecule has 0 unspecified atom stereocenters. The second-order valence-corrected chi connectivity index (χ2v) is 9.11. The Morgan fingerprint density at radius 3 is 2.24 bits per heavy atom. The van der Waals surface area contributed by atoms with Gasteiger partial charge >= 0.3 is 0 Å². The highest BCUT2D eigenvalue weighted by Crippen LogP contribution is 2.29. The van der Waals surface area contributed by atoms with Crippen LogP contribution >= 0.6 is 23.2 Å². The Kier molecular flexibility index (Phi) is 7.51. The van der Waals surface area contributed by atoms with Crippen molar-refractivity contribution in [1.82, 2.24) is 5.32 Å². The lowest BCUT2D eigenvalue weighted by molar-refractivity contribution is -0.126. The maximum absolute atomic E-state index is 12.8. The molecule has 156 valence electrons. The third-order valence-corrected chi connectivity index (χ3v) is 6.09. The fraction of sp³-hybridized carbons (Fsp3) is 0.263. The summed E-state index contributed by atoms with van der Waals surface area (Å²) in [4.78, 5) is 23.6. The highest BCUT2D eigenvalue weighted by Gasteiger charge is 2.24. The van der Waals surface area contributed by atoms with E-state index in [0.29, 0.717) is 0 Å². The van der Waals surface area contributed by atoms with Crippen LogP contribution in [0.2, 0.25) is 10.0 Å². The van der Waals surface area contributed by atoms with Gasteiger partial charge < -0.3 is 10.6 Å². The zero-order valence-electron chi connectivity index (χ0n) is 16.0. The Hall–Kier alpha value is -2.29. The highest BCUT2D eigenvalue weighted by molar-refractivity contribution is 7.92. The Morgan fingerprint density at radius 1 is 1.00 bits per heavy atom. The van der Waals surface area contributed by atoms with Crippen LogP contribution in [0, 0.1) is 5.92 Å². The first-order valence-electron chi connectivity index (χ1n) is 8.66. The summed E-state index contributed by atoms with van der Waals surface area (Å²) in [5.74, 6) is -0.988. The predicted octanol–water partition coefficient (Wildman–Crippen LogP) is 3.89. The summed E-state index contributed by atoms with van der Waals surface area (Å²) in [5.41, 5.74) is 0.417. The maximum Gasteiger partial charge on any atom is 0.263 e. The summed E-state index contributed by atoms with van der Waals surface area (Å²) in [7, 11) is -4.07. The first-order valence-corrected chi connectivity index (χ1v) is 10.9. The molecule has 2 aromatic rings. The second kappa shape index (κ2) is 9.47. The summed E-state index contributed by atoms with van der Waals surface area (Å²) in [5, 5.41) is 5.39. The average molecular weight is 458 g/mol. The number of amides is 2. The number of hydrogen-bond donors (Lipinski definition) is 3. The van der Waals surface area contributed by atoms with E-state index in [1.165, 1.54) is 31.2 Å². The van der Waals surface area contributed by atoms with Crippen molar-refractivity contribution in [2.45, 2.75) is 31.7 Å². The van der Waals surface area contributed by atoms with E-state index in [-0.39, 0.29) is 38.1 Å². The minimum Gasteiger partial charge on any atom is -0.344 e. The molecule has 2 amide bonds. The largest absolute Gasteiger partial charge is 0.344 e. The standard InChI is InChI=1S/C19H21Cl2N3O4S/c1-11(2)18(22-12(3)25)19(26)23-13-8-9-15(21)17(10-13)29(27,28)24-16-7-5-4-6-14(16)20/h4-11,18,24H,1-3H3,(H,22,25)(H,23,26)/t18-/m0/s1. The van der Waals surface area contributed by atoms with Crippen LogP contribution in [0.5, 0.6) is 0 Å². The fourth-order valence-electron chi connectivity index (χ4n) is 2.50. The van der Waals surface area contributed by atoms with Crippen molar-refractivity contribution in [2.75, 3.05) is 10.0 Å². The summed E-state index contributed by atoms with van der Waals surface area (Å²) in [6, 6.07) is 9.67. The van der Waals surface area contributed by atoms with Gasteiger partial charge in [0.25, 0.3) is 10.0 Å². The number of hydrogen-bond acceptors (Lipinski definition) is 4. The molecule has 29 heavy (non-hydrogen) atoms. The highest BCUT2D eigenvalue weighted by atomic mass is 35.5. The van der Waals surface area contributed by atoms with E-state index in [0.717, 1.165) is 0 Å². The first-order chi connectivity index (χ1) is 13.5. The third-order valence-electron chi connectivity index (χ3n) is 3.91. The number of nitrogens with one attached hydrogen (secondary N) is 3. The average Bonchev–Trinajstić information content (AvgIpc) is 2.62. The molecule has 1 atom stereocenters. The monoisotopic (exact) mass is 457 g/mol. The molecule has 0 saturated carbocycles. The Labute approximate surface area is 179 Å². The molecular formula is C19H21Cl2N3O4S. The number of benzene rings is 2. The van der Waals surface area contributed by atoms with Crippen LogP contribution in [-0.2, 0) is 19.6 Å². The Balaban J connectivity index is 2.30. The molecule has 0 aromatic heterocycles. The number of halogens is 2. The zero-order valence-corrected chi connectivity index (χ0v) is 18.3. The summed E-state index contributed by atoms with van der Waals surface area (Å²) < 4.78 is 27.9. The van der Waals surface area contributed by atoms with Gasteiger partial charge in [-0.05, 0) is 36.2 Å². The number of sulfonamides is 1. The van der Waals surface area contributed by atoms with Crippen LogP contribution in [0.15, 0.2) is 47.4 Å². The Morgan fingerprint density at radius 2 is 1.66 bits per heavy atom.